The van der Waals surface area contributed by atoms with Crippen molar-refractivity contribution in [2.45, 2.75) is 37.0 Å². The molecule has 0 amide bonds. The van der Waals surface area contributed by atoms with E-state index < -0.39 is 0 Å². The minimum absolute atomic E-state index is 0.0213. The molecule has 1 aromatic carbocycles. The van der Waals surface area contributed by atoms with Crippen LogP contribution in [-0.4, -0.2) is 24.3 Å². The largest absolute Gasteiger partial charge is 0.365 e. The van der Waals surface area contributed by atoms with Crippen LogP contribution in [-0.2, 0) is 4.74 Å². The molecular formula is C17H18BrNO. The molecule has 1 spiro atoms. The summed E-state index contributed by atoms with van der Waals surface area (Å²) in [4.78, 5) is 2.61. The van der Waals surface area contributed by atoms with Crippen LogP contribution in [0.2, 0.25) is 0 Å². The Hall–Kier alpha value is -0.800. The lowest BCUT2D eigenvalue weighted by molar-refractivity contribution is 0.0319. The summed E-state index contributed by atoms with van der Waals surface area (Å²) in [6, 6.07) is 9.44. The number of anilines is 1. The Balaban J connectivity index is 1.57. The summed E-state index contributed by atoms with van der Waals surface area (Å²) >= 11 is 3.53. The maximum absolute atomic E-state index is 6.41. The van der Waals surface area contributed by atoms with E-state index in [9.17, 15) is 0 Å². The second-order valence-corrected chi connectivity index (χ2v) is 7.60. The minimum atomic E-state index is 0.0213. The molecule has 2 bridgehead atoms. The van der Waals surface area contributed by atoms with E-state index in [4.69, 9.17) is 4.74 Å². The van der Waals surface area contributed by atoms with Gasteiger partial charge in [0, 0.05) is 22.1 Å². The lowest BCUT2D eigenvalue weighted by Crippen LogP contribution is -2.41. The Morgan fingerprint density at radius 2 is 2.05 bits per heavy atom. The second kappa shape index (κ2) is 3.89. The number of nitrogens with zero attached hydrogens (tertiary/aromatic N) is 1. The van der Waals surface area contributed by atoms with Gasteiger partial charge in [-0.25, -0.2) is 0 Å². The highest BCUT2D eigenvalue weighted by Gasteiger charge is 2.65. The van der Waals surface area contributed by atoms with Crippen LogP contribution in [0.15, 0.2) is 40.9 Å². The molecule has 5 atom stereocenters. The molecule has 0 N–H and O–H groups in total. The molecule has 1 aromatic rings. The van der Waals surface area contributed by atoms with Crippen molar-refractivity contribution in [1.82, 2.24) is 0 Å². The predicted octanol–water partition coefficient (Wildman–Crippen LogP) is 3.76. The van der Waals surface area contributed by atoms with Crippen molar-refractivity contribution in [3.63, 3.8) is 0 Å². The van der Waals surface area contributed by atoms with Crippen LogP contribution in [0.4, 0.5) is 5.69 Å². The zero-order valence-corrected chi connectivity index (χ0v) is 12.9. The van der Waals surface area contributed by atoms with Crippen LogP contribution < -0.4 is 4.90 Å². The summed E-state index contributed by atoms with van der Waals surface area (Å²) < 4.78 is 7.56. The average Bonchev–Trinajstić information content (AvgIpc) is 3.12. The van der Waals surface area contributed by atoms with Crippen LogP contribution in [0.25, 0.3) is 0 Å². The number of hydrogen-bond donors (Lipinski definition) is 0. The molecule has 0 aromatic heterocycles. The fourth-order valence-corrected chi connectivity index (χ4v) is 5.38. The van der Waals surface area contributed by atoms with E-state index in [0.717, 1.165) is 22.9 Å². The monoisotopic (exact) mass is 331 g/mol. The van der Waals surface area contributed by atoms with Gasteiger partial charge < -0.3 is 9.64 Å². The quantitative estimate of drug-likeness (QED) is 0.726. The van der Waals surface area contributed by atoms with Gasteiger partial charge in [0.25, 0.3) is 0 Å². The number of fused-ring (bicyclic) bond motifs is 2. The smallest absolute Gasteiger partial charge is 0.110 e. The SMILES string of the molecule is Brc1ccc(N2C[C@@]34C=C[C@@H](O3)C3CCCC2C34)cc1. The molecule has 3 heteroatoms. The van der Waals surface area contributed by atoms with Gasteiger partial charge in [-0.05, 0) is 43.0 Å². The Labute approximate surface area is 127 Å². The average molecular weight is 332 g/mol. The summed E-state index contributed by atoms with van der Waals surface area (Å²) in [6.07, 6.45) is 9.14. The first-order valence-electron chi connectivity index (χ1n) is 7.66. The zero-order valence-electron chi connectivity index (χ0n) is 11.3. The van der Waals surface area contributed by atoms with Crippen molar-refractivity contribution in [3.05, 3.63) is 40.9 Å². The maximum Gasteiger partial charge on any atom is 0.110 e. The van der Waals surface area contributed by atoms with Gasteiger partial charge in [-0.1, -0.05) is 34.5 Å². The van der Waals surface area contributed by atoms with Crippen LogP contribution in [0, 0.1) is 11.8 Å². The van der Waals surface area contributed by atoms with E-state index in [2.05, 4.69) is 57.2 Å². The molecule has 2 nitrogen and oxygen atoms in total. The van der Waals surface area contributed by atoms with Crippen LogP contribution in [0.5, 0.6) is 0 Å². The highest BCUT2D eigenvalue weighted by molar-refractivity contribution is 9.10. The van der Waals surface area contributed by atoms with Gasteiger partial charge >= 0.3 is 0 Å². The molecule has 3 heterocycles. The van der Waals surface area contributed by atoms with Crippen molar-refractivity contribution in [3.8, 4) is 0 Å². The molecule has 1 saturated carbocycles. The number of halogens is 1. The molecule has 20 heavy (non-hydrogen) atoms. The molecule has 5 rings (SSSR count). The minimum Gasteiger partial charge on any atom is -0.365 e. The van der Waals surface area contributed by atoms with E-state index in [0.29, 0.717) is 12.1 Å². The molecule has 3 aliphatic heterocycles. The molecule has 0 radical (unpaired) electrons. The topological polar surface area (TPSA) is 12.5 Å². The molecule has 3 fully saturated rings. The lowest BCUT2D eigenvalue weighted by Gasteiger charge is -2.37. The van der Waals surface area contributed by atoms with Gasteiger partial charge in [0.1, 0.15) is 5.60 Å². The van der Waals surface area contributed by atoms with E-state index in [1.165, 1.54) is 24.9 Å². The molecule has 2 saturated heterocycles. The van der Waals surface area contributed by atoms with Gasteiger partial charge in [-0.3, -0.25) is 0 Å². The second-order valence-electron chi connectivity index (χ2n) is 6.69. The fourth-order valence-electron chi connectivity index (χ4n) is 5.12. The van der Waals surface area contributed by atoms with Crippen molar-refractivity contribution < 1.29 is 4.74 Å². The third-order valence-electron chi connectivity index (χ3n) is 5.80. The van der Waals surface area contributed by atoms with Crippen LogP contribution >= 0.6 is 15.9 Å². The van der Waals surface area contributed by atoms with Gasteiger partial charge in [-0.2, -0.15) is 0 Å². The first-order valence-corrected chi connectivity index (χ1v) is 8.46. The number of benzene rings is 1. The predicted molar refractivity (Wildman–Crippen MR) is 82.9 cm³/mol. The first kappa shape index (κ1) is 11.8. The highest BCUT2D eigenvalue weighted by Crippen LogP contribution is 2.58. The Morgan fingerprint density at radius 1 is 1.20 bits per heavy atom. The van der Waals surface area contributed by atoms with Crippen LogP contribution in [0.3, 0.4) is 0 Å². The van der Waals surface area contributed by atoms with E-state index in [1.54, 1.807) is 0 Å². The summed E-state index contributed by atoms with van der Waals surface area (Å²) in [5.41, 5.74) is 1.37. The lowest BCUT2D eigenvalue weighted by atomic mass is 9.68. The normalized spacial score (nSPS) is 44.1. The summed E-state index contributed by atoms with van der Waals surface area (Å²) in [5, 5.41) is 0. The number of hydrogen-bond acceptors (Lipinski definition) is 2. The Morgan fingerprint density at radius 3 is 2.90 bits per heavy atom. The van der Waals surface area contributed by atoms with Gasteiger partial charge in [-0.15, -0.1) is 0 Å². The van der Waals surface area contributed by atoms with E-state index >= 15 is 0 Å². The fraction of sp³-hybridized carbons (Fsp3) is 0.529. The van der Waals surface area contributed by atoms with E-state index in [1.807, 2.05) is 0 Å². The van der Waals surface area contributed by atoms with Crippen molar-refractivity contribution in [2.75, 3.05) is 11.4 Å². The molecule has 3 unspecified atom stereocenters. The summed E-state index contributed by atoms with van der Waals surface area (Å²) in [5.74, 6) is 1.48. The molecular weight excluding hydrogens is 314 g/mol. The van der Waals surface area contributed by atoms with Crippen molar-refractivity contribution in [2.24, 2.45) is 11.8 Å². The maximum atomic E-state index is 6.41. The van der Waals surface area contributed by atoms with E-state index in [-0.39, 0.29) is 5.60 Å². The third kappa shape index (κ3) is 1.38. The first-order chi connectivity index (χ1) is 9.77. The third-order valence-corrected chi connectivity index (χ3v) is 6.33. The zero-order chi connectivity index (χ0) is 13.3. The number of rotatable bonds is 1. The van der Waals surface area contributed by atoms with Crippen molar-refractivity contribution in [1.29, 1.82) is 0 Å². The number of ether oxygens (including phenoxy) is 1. The molecule has 104 valence electrons. The van der Waals surface area contributed by atoms with Gasteiger partial charge in [0.15, 0.2) is 0 Å². The standard InChI is InChI=1S/C17H18BrNO/c18-11-4-6-12(7-5-11)19-10-17-9-8-15(20-17)13-2-1-3-14(19)16(13)17/h4-9,13-16H,1-3,10H2/t13?,14?,15-,16?,17-/m1/s1. The van der Waals surface area contributed by atoms with Gasteiger partial charge in [0.05, 0.1) is 12.6 Å². The molecule has 4 aliphatic rings. The highest BCUT2D eigenvalue weighted by atomic mass is 79.9. The van der Waals surface area contributed by atoms with Gasteiger partial charge in [0.2, 0.25) is 0 Å². The Bertz CT molecular complexity index is 583. The summed E-state index contributed by atoms with van der Waals surface area (Å²) in [6.45, 7) is 1.04. The Kier molecular flexibility index (Phi) is 2.30. The molecule has 1 aliphatic carbocycles. The summed E-state index contributed by atoms with van der Waals surface area (Å²) in [7, 11) is 0. The van der Waals surface area contributed by atoms with Crippen LogP contribution in [0.1, 0.15) is 19.3 Å². The van der Waals surface area contributed by atoms with Crippen molar-refractivity contribution >= 4 is 21.6 Å².